The number of morpholine rings is 1. The van der Waals surface area contributed by atoms with Gasteiger partial charge in [0.05, 0.1) is 24.8 Å². The Balaban J connectivity index is 1.57. The van der Waals surface area contributed by atoms with Crippen molar-refractivity contribution in [1.82, 2.24) is 5.32 Å². The molecule has 1 amide bonds. The molecule has 1 saturated carbocycles. The number of carbonyl (C=O) groups excluding carboxylic acids is 1. The van der Waals surface area contributed by atoms with Crippen molar-refractivity contribution in [2.45, 2.75) is 48.4 Å². The summed E-state index contributed by atoms with van der Waals surface area (Å²) in [6, 6.07) is 8.13. The fraction of sp³-hybridized carbons (Fsp3) is 0.588. The van der Waals surface area contributed by atoms with Gasteiger partial charge in [0.25, 0.3) is 0 Å². The van der Waals surface area contributed by atoms with Crippen LogP contribution in [0.4, 0.5) is 5.69 Å². The Kier molecular flexibility index (Phi) is 5.76. The average Bonchev–Trinajstić information content (AvgIpc) is 3.03. The van der Waals surface area contributed by atoms with Crippen LogP contribution in [0.2, 0.25) is 0 Å². The van der Waals surface area contributed by atoms with Gasteiger partial charge >= 0.3 is 0 Å². The second-order valence-corrected chi connectivity index (χ2v) is 7.31. The summed E-state index contributed by atoms with van der Waals surface area (Å²) in [7, 11) is 0. The molecule has 1 saturated heterocycles. The number of benzene rings is 1. The molecule has 120 valence electrons. The van der Waals surface area contributed by atoms with E-state index in [1.54, 1.807) is 0 Å². The molecule has 3 rings (SSSR count). The lowest BCUT2D eigenvalue weighted by Gasteiger charge is -2.23. The smallest absolute Gasteiger partial charge is 0.227 e. The fourth-order valence-electron chi connectivity index (χ4n) is 3.02. The van der Waals surface area contributed by atoms with Crippen molar-refractivity contribution in [1.29, 1.82) is 0 Å². The van der Waals surface area contributed by atoms with Crippen LogP contribution in [0.25, 0.3) is 0 Å². The minimum atomic E-state index is -0.0107. The minimum absolute atomic E-state index is 0.0107. The molecule has 0 spiro atoms. The van der Waals surface area contributed by atoms with Crippen molar-refractivity contribution in [3.05, 3.63) is 24.3 Å². The Bertz CT molecular complexity index is 497. The van der Waals surface area contributed by atoms with Crippen LogP contribution in [0.5, 0.6) is 0 Å². The molecular formula is C17H24N2O2S. The molecule has 1 aromatic carbocycles. The van der Waals surface area contributed by atoms with Crippen LogP contribution in [0, 0.1) is 0 Å². The average molecular weight is 320 g/mol. The Morgan fingerprint density at radius 2 is 2.14 bits per heavy atom. The Morgan fingerprint density at radius 3 is 2.91 bits per heavy atom. The predicted molar refractivity (Wildman–Crippen MR) is 90.4 cm³/mol. The second kappa shape index (κ2) is 7.99. The molecule has 2 N–H and O–H groups in total. The first-order valence-corrected chi connectivity index (χ1v) is 9.07. The molecule has 4 nitrogen and oxygen atoms in total. The topological polar surface area (TPSA) is 50.4 Å². The highest BCUT2D eigenvalue weighted by molar-refractivity contribution is 8.00. The molecule has 2 fully saturated rings. The molecule has 22 heavy (non-hydrogen) atoms. The number of amides is 1. The summed E-state index contributed by atoms with van der Waals surface area (Å²) in [6.07, 6.45) is 5.64. The zero-order valence-electron chi connectivity index (χ0n) is 12.8. The van der Waals surface area contributed by atoms with E-state index in [4.69, 9.17) is 4.74 Å². The van der Waals surface area contributed by atoms with Gasteiger partial charge in [0, 0.05) is 23.2 Å². The summed E-state index contributed by atoms with van der Waals surface area (Å²) in [5.41, 5.74) is 0.938. The maximum Gasteiger partial charge on any atom is 0.227 e. The first-order valence-electron chi connectivity index (χ1n) is 8.19. The molecule has 0 radical (unpaired) electrons. The largest absolute Gasteiger partial charge is 0.375 e. The molecule has 1 heterocycles. The third kappa shape index (κ3) is 4.48. The van der Waals surface area contributed by atoms with Crippen molar-refractivity contribution >= 4 is 23.4 Å². The summed E-state index contributed by atoms with van der Waals surface area (Å²) < 4.78 is 5.60. The fourth-order valence-corrected chi connectivity index (χ4v) is 4.35. The first kappa shape index (κ1) is 15.8. The van der Waals surface area contributed by atoms with E-state index in [1.165, 1.54) is 30.6 Å². The van der Waals surface area contributed by atoms with Gasteiger partial charge in [-0.25, -0.2) is 0 Å². The van der Waals surface area contributed by atoms with Crippen LogP contribution in [-0.2, 0) is 9.53 Å². The van der Waals surface area contributed by atoms with E-state index in [0.29, 0.717) is 18.3 Å². The summed E-state index contributed by atoms with van der Waals surface area (Å²) in [5.74, 6) is 0.0353. The van der Waals surface area contributed by atoms with E-state index in [-0.39, 0.29) is 12.0 Å². The zero-order chi connectivity index (χ0) is 15.2. The van der Waals surface area contributed by atoms with E-state index < -0.39 is 0 Å². The van der Waals surface area contributed by atoms with Crippen molar-refractivity contribution < 1.29 is 9.53 Å². The summed E-state index contributed by atoms with van der Waals surface area (Å²) in [5, 5.41) is 7.02. The van der Waals surface area contributed by atoms with Crippen molar-refractivity contribution in [2.75, 3.05) is 25.0 Å². The Hall–Kier alpha value is -1.04. The standard InChI is InChI=1S/C17H24N2O2S/c20-17(11-13-12-18-9-10-21-13)19-15-7-3-4-8-16(15)22-14-5-1-2-6-14/h3-4,7-8,13-14,18H,1-2,5-6,9-12H2,(H,19,20). The quantitative estimate of drug-likeness (QED) is 0.875. The molecule has 5 heteroatoms. The van der Waals surface area contributed by atoms with E-state index in [0.717, 1.165) is 18.8 Å². The van der Waals surface area contributed by atoms with E-state index >= 15 is 0 Å². The van der Waals surface area contributed by atoms with Gasteiger partial charge in [0.15, 0.2) is 0 Å². The summed E-state index contributed by atoms with van der Waals surface area (Å²) in [4.78, 5) is 13.4. The Morgan fingerprint density at radius 1 is 1.32 bits per heavy atom. The molecule has 1 unspecified atom stereocenters. The van der Waals surface area contributed by atoms with Crippen molar-refractivity contribution in [2.24, 2.45) is 0 Å². The number of anilines is 1. The molecule has 1 aromatic rings. The Labute approximate surface area is 136 Å². The monoisotopic (exact) mass is 320 g/mol. The third-order valence-corrected chi connectivity index (χ3v) is 5.59. The molecule has 1 aliphatic heterocycles. The number of hydrogen-bond donors (Lipinski definition) is 2. The number of rotatable bonds is 5. The van der Waals surface area contributed by atoms with Gasteiger partial charge in [-0.15, -0.1) is 11.8 Å². The molecular weight excluding hydrogens is 296 g/mol. The van der Waals surface area contributed by atoms with Crippen LogP contribution in [0.15, 0.2) is 29.2 Å². The number of hydrogen-bond acceptors (Lipinski definition) is 4. The van der Waals surface area contributed by atoms with Crippen LogP contribution >= 0.6 is 11.8 Å². The summed E-state index contributed by atoms with van der Waals surface area (Å²) >= 11 is 1.91. The number of thioether (sulfide) groups is 1. The van der Waals surface area contributed by atoms with Crippen LogP contribution in [-0.4, -0.2) is 37.0 Å². The first-order chi connectivity index (χ1) is 10.8. The van der Waals surface area contributed by atoms with E-state index in [9.17, 15) is 4.79 Å². The lowest BCUT2D eigenvalue weighted by Crippen LogP contribution is -2.40. The lowest BCUT2D eigenvalue weighted by atomic mass is 10.2. The van der Waals surface area contributed by atoms with Crippen LogP contribution < -0.4 is 10.6 Å². The molecule has 2 aliphatic rings. The van der Waals surface area contributed by atoms with Crippen LogP contribution in [0.3, 0.4) is 0 Å². The van der Waals surface area contributed by atoms with Crippen LogP contribution in [0.1, 0.15) is 32.1 Å². The zero-order valence-corrected chi connectivity index (χ0v) is 13.7. The second-order valence-electron chi connectivity index (χ2n) is 5.97. The highest BCUT2D eigenvalue weighted by Gasteiger charge is 2.20. The van der Waals surface area contributed by atoms with Gasteiger partial charge in [-0.3, -0.25) is 4.79 Å². The molecule has 0 aromatic heterocycles. The normalized spacial score (nSPS) is 22.6. The maximum absolute atomic E-state index is 12.2. The lowest BCUT2D eigenvalue weighted by molar-refractivity contribution is -0.119. The number of ether oxygens (including phenoxy) is 1. The molecule has 1 aliphatic carbocycles. The van der Waals surface area contributed by atoms with Gasteiger partial charge in [-0.2, -0.15) is 0 Å². The van der Waals surface area contributed by atoms with Crippen molar-refractivity contribution in [3.63, 3.8) is 0 Å². The molecule has 0 bridgehead atoms. The van der Waals surface area contributed by atoms with E-state index in [2.05, 4.69) is 16.7 Å². The predicted octanol–water partition coefficient (Wildman–Crippen LogP) is 3.04. The van der Waals surface area contributed by atoms with Gasteiger partial charge in [-0.05, 0) is 25.0 Å². The van der Waals surface area contributed by atoms with Gasteiger partial charge in [0.2, 0.25) is 5.91 Å². The van der Waals surface area contributed by atoms with Gasteiger partial charge in [0.1, 0.15) is 0 Å². The molecule has 1 atom stereocenters. The van der Waals surface area contributed by atoms with Gasteiger partial charge < -0.3 is 15.4 Å². The SMILES string of the molecule is O=C(CC1CNCCO1)Nc1ccccc1SC1CCCC1. The summed E-state index contributed by atoms with van der Waals surface area (Å²) in [6.45, 7) is 2.32. The third-order valence-electron chi connectivity index (χ3n) is 4.17. The highest BCUT2D eigenvalue weighted by atomic mass is 32.2. The number of para-hydroxylation sites is 1. The minimum Gasteiger partial charge on any atom is -0.375 e. The van der Waals surface area contributed by atoms with Crippen molar-refractivity contribution in [3.8, 4) is 0 Å². The van der Waals surface area contributed by atoms with E-state index in [1.807, 2.05) is 30.0 Å². The maximum atomic E-state index is 12.2. The highest BCUT2D eigenvalue weighted by Crippen LogP contribution is 2.38. The number of carbonyl (C=O) groups is 1. The number of nitrogens with one attached hydrogen (secondary N) is 2. The van der Waals surface area contributed by atoms with Gasteiger partial charge in [-0.1, -0.05) is 25.0 Å².